The highest BCUT2D eigenvalue weighted by molar-refractivity contribution is 5.50. The Hall–Kier alpha value is -1.09. The number of hydrogen-bond donors (Lipinski definition) is 1. The van der Waals surface area contributed by atoms with Gasteiger partial charge in [0, 0.05) is 24.7 Å². The summed E-state index contributed by atoms with van der Waals surface area (Å²) in [6.45, 7) is 4.06. The molecule has 1 saturated heterocycles. The zero-order chi connectivity index (χ0) is 12.6. The van der Waals surface area contributed by atoms with E-state index in [2.05, 4.69) is 17.1 Å². The molecule has 1 unspecified atom stereocenters. The molecule has 18 heavy (non-hydrogen) atoms. The van der Waals surface area contributed by atoms with Crippen molar-refractivity contribution in [2.24, 2.45) is 0 Å². The summed E-state index contributed by atoms with van der Waals surface area (Å²) in [6, 6.07) is 7.50. The van der Waals surface area contributed by atoms with E-state index in [0.717, 1.165) is 18.8 Å². The monoisotopic (exact) mass is 248 g/mol. The van der Waals surface area contributed by atoms with Crippen LogP contribution in [-0.4, -0.2) is 24.7 Å². The van der Waals surface area contributed by atoms with Crippen LogP contribution in [-0.2, 0) is 0 Å². The number of halogens is 1. The number of rotatable bonds is 1. The highest BCUT2D eigenvalue weighted by Gasteiger charge is 2.40. The standard InChI is InChI=1S/C15H21FN2/c1-12-10-17-15(8-4-5-9-15)11-18(12)14-7-3-2-6-13(14)16/h2-3,6-7,12,17H,4-5,8-11H2,1H3. The fourth-order valence-corrected chi connectivity index (χ4v) is 3.41. The van der Waals surface area contributed by atoms with Crippen molar-refractivity contribution < 1.29 is 4.39 Å². The fraction of sp³-hybridized carbons (Fsp3) is 0.600. The molecule has 1 heterocycles. The summed E-state index contributed by atoms with van der Waals surface area (Å²) in [4.78, 5) is 2.25. The molecule has 1 aromatic rings. The zero-order valence-corrected chi connectivity index (χ0v) is 11.0. The molecule has 1 aliphatic heterocycles. The van der Waals surface area contributed by atoms with Gasteiger partial charge in [0.1, 0.15) is 5.82 Å². The molecular formula is C15H21FN2. The van der Waals surface area contributed by atoms with E-state index in [1.54, 1.807) is 12.1 Å². The van der Waals surface area contributed by atoms with Gasteiger partial charge in [-0.3, -0.25) is 0 Å². The molecule has 1 saturated carbocycles. The highest BCUT2D eigenvalue weighted by Crippen LogP contribution is 2.35. The SMILES string of the molecule is CC1CNC2(CCCC2)CN1c1ccccc1F. The van der Waals surface area contributed by atoms with Crippen molar-refractivity contribution in [2.45, 2.75) is 44.2 Å². The second kappa shape index (κ2) is 4.54. The van der Waals surface area contributed by atoms with Gasteiger partial charge >= 0.3 is 0 Å². The van der Waals surface area contributed by atoms with E-state index in [1.807, 2.05) is 12.1 Å². The number of benzene rings is 1. The Balaban J connectivity index is 1.88. The molecular weight excluding hydrogens is 227 g/mol. The average Bonchev–Trinajstić information content (AvgIpc) is 2.82. The molecule has 0 aromatic heterocycles. The first-order valence-corrected chi connectivity index (χ1v) is 6.96. The van der Waals surface area contributed by atoms with Crippen LogP contribution in [0.4, 0.5) is 10.1 Å². The number of piperazine rings is 1. The minimum atomic E-state index is -0.0978. The zero-order valence-electron chi connectivity index (χ0n) is 11.0. The lowest BCUT2D eigenvalue weighted by Gasteiger charge is -2.46. The molecule has 98 valence electrons. The van der Waals surface area contributed by atoms with Gasteiger partial charge in [-0.2, -0.15) is 0 Å². The third-order valence-electron chi connectivity index (χ3n) is 4.50. The average molecular weight is 248 g/mol. The third kappa shape index (κ3) is 2.01. The van der Waals surface area contributed by atoms with Crippen LogP contribution < -0.4 is 10.2 Å². The van der Waals surface area contributed by atoms with E-state index < -0.39 is 0 Å². The molecule has 2 aliphatic rings. The lowest BCUT2D eigenvalue weighted by Crippen LogP contribution is -2.62. The Morgan fingerprint density at radius 3 is 2.72 bits per heavy atom. The van der Waals surface area contributed by atoms with Crippen LogP contribution in [0.1, 0.15) is 32.6 Å². The quantitative estimate of drug-likeness (QED) is 0.822. The van der Waals surface area contributed by atoms with Crippen LogP contribution in [0, 0.1) is 5.82 Å². The topological polar surface area (TPSA) is 15.3 Å². The van der Waals surface area contributed by atoms with E-state index in [0.29, 0.717) is 6.04 Å². The van der Waals surface area contributed by atoms with E-state index in [-0.39, 0.29) is 11.4 Å². The Bertz CT molecular complexity index is 426. The van der Waals surface area contributed by atoms with Crippen molar-refractivity contribution in [3.05, 3.63) is 30.1 Å². The van der Waals surface area contributed by atoms with Crippen LogP contribution in [0.2, 0.25) is 0 Å². The minimum Gasteiger partial charge on any atom is -0.363 e. The smallest absolute Gasteiger partial charge is 0.146 e. The van der Waals surface area contributed by atoms with Gasteiger partial charge in [0.25, 0.3) is 0 Å². The molecule has 3 rings (SSSR count). The summed E-state index contributed by atoms with van der Waals surface area (Å²) in [5.74, 6) is -0.0978. The van der Waals surface area contributed by atoms with Crippen molar-refractivity contribution in [1.82, 2.24) is 5.32 Å². The van der Waals surface area contributed by atoms with Gasteiger partial charge < -0.3 is 10.2 Å². The van der Waals surface area contributed by atoms with Crippen LogP contribution >= 0.6 is 0 Å². The number of nitrogens with zero attached hydrogens (tertiary/aromatic N) is 1. The van der Waals surface area contributed by atoms with Crippen LogP contribution in [0.3, 0.4) is 0 Å². The first kappa shape index (κ1) is 12.0. The fourth-order valence-electron chi connectivity index (χ4n) is 3.41. The summed E-state index contributed by atoms with van der Waals surface area (Å²) < 4.78 is 14.0. The predicted octanol–water partition coefficient (Wildman–Crippen LogP) is 2.94. The molecule has 1 aliphatic carbocycles. The van der Waals surface area contributed by atoms with Gasteiger partial charge in [-0.1, -0.05) is 25.0 Å². The number of hydrogen-bond acceptors (Lipinski definition) is 2. The Kier molecular flexibility index (Phi) is 3.02. The summed E-state index contributed by atoms with van der Waals surface area (Å²) in [7, 11) is 0. The van der Waals surface area contributed by atoms with Gasteiger partial charge in [0.15, 0.2) is 0 Å². The summed E-state index contributed by atoms with van der Waals surface area (Å²) in [6.07, 6.45) is 5.05. The largest absolute Gasteiger partial charge is 0.363 e. The highest BCUT2D eigenvalue weighted by atomic mass is 19.1. The number of anilines is 1. The maximum absolute atomic E-state index is 14.0. The minimum absolute atomic E-state index is 0.0978. The number of nitrogens with one attached hydrogen (secondary N) is 1. The van der Waals surface area contributed by atoms with Crippen molar-refractivity contribution in [2.75, 3.05) is 18.0 Å². The first-order chi connectivity index (χ1) is 8.70. The van der Waals surface area contributed by atoms with Gasteiger partial charge in [-0.15, -0.1) is 0 Å². The molecule has 3 heteroatoms. The first-order valence-electron chi connectivity index (χ1n) is 6.96. The summed E-state index contributed by atoms with van der Waals surface area (Å²) in [5, 5.41) is 3.70. The molecule has 1 N–H and O–H groups in total. The normalized spacial score (nSPS) is 26.8. The Morgan fingerprint density at radius 2 is 2.00 bits per heavy atom. The van der Waals surface area contributed by atoms with Crippen LogP contribution in [0.25, 0.3) is 0 Å². The number of para-hydroxylation sites is 1. The molecule has 0 radical (unpaired) electrons. The Labute approximate surface area is 108 Å². The van der Waals surface area contributed by atoms with Gasteiger partial charge in [0.05, 0.1) is 5.69 Å². The summed E-state index contributed by atoms with van der Waals surface area (Å²) in [5.41, 5.74) is 0.993. The van der Waals surface area contributed by atoms with Gasteiger partial charge in [0.2, 0.25) is 0 Å². The molecule has 1 aromatic carbocycles. The molecule has 1 atom stereocenters. The Morgan fingerprint density at radius 1 is 1.28 bits per heavy atom. The van der Waals surface area contributed by atoms with E-state index in [4.69, 9.17) is 0 Å². The lowest BCUT2D eigenvalue weighted by atomic mass is 9.92. The van der Waals surface area contributed by atoms with Gasteiger partial charge in [-0.25, -0.2) is 4.39 Å². The van der Waals surface area contributed by atoms with Crippen molar-refractivity contribution >= 4 is 5.69 Å². The van der Waals surface area contributed by atoms with Gasteiger partial charge in [-0.05, 0) is 31.9 Å². The molecule has 1 spiro atoms. The lowest BCUT2D eigenvalue weighted by molar-refractivity contribution is 0.275. The maximum atomic E-state index is 14.0. The maximum Gasteiger partial charge on any atom is 0.146 e. The van der Waals surface area contributed by atoms with E-state index >= 15 is 0 Å². The van der Waals surface area contributed by atoms with Crippen LogP contribution in [0.15, 0.2) is 24.3 Å². The van der Waals surface area contributed by atoms with Crippen molar-refractivity contribution in [1.29, 1.82) is 0 Å². The third-order valence-corrected chi connectivity index (χ3v) is 4.50. The molecule has 0 bridgehead atoms. The second-order valence-electron chi connectivity index (χ2n) is 5.80. The van der Waals surface area contributed by atoms with Crippen molar-refractivity contribution in [3.63, 3.8) is 0 Å². The van der Waals surface area contributed by atoms with E-state index in [1.165, 1.54) is 25.7 Å². The van der Waals surface area contributed by atoms with Crippen molar-refractivity contribution in [3.8, 4) is 0 Å². The predicted molar refractivity (Wildman–Crippen MR) is 72.4 cm³/mol. The molecule has 0 amide bonds. The molecule has 2 nitrogen and oxygen atoms in total. The van der Waals surface area contributed by atoms with Crippen LogP contribution in [0.5, 0.6) is 0 Å². The molecule has 2 fully saturated rings. The van der Waals surface area contributed by atoms with E-state index in [9.17, 15) is 4.39 Å². The summed E-state index contributed by atoms with van der Waals surface area (Å²) >= 11 is 0. The second-order valence-corrected chi connectivity index (χ2v) is 5.80.